The molecule has 24 heavy (non-hydrogen) atoms. The first-order valence-corrected chi connectivity index (χ1v) is 12.6. The summed E-state index contributed by atoms with van der Waals surface area (Å²) in [6.45, 7) is 10.4. The van der Waals surface area contributed by atoms with Crippen LogP contribution in [0.1, 0.15) is 32.8 Å². The topological polar surface area (TPSA) is 81.8 Å². The molecular formula is C17H30N2O3SSi. The molecule has 2 atom stereocenters. The van der Waals surface area contributed by atoms with Crippen molar-refractivity contribution in [1.82, 2.24) is 0 Å². The molecule has 0 heterocycles. The second-order valence-electron chi connectivity index (χ2n) is 7.61. The van der Waals surface area contributed by atoms with Gasteiger partial charge in [-0.05, 0) is 30.1 Å². The van der Waals surface area contributed by atoms with Gasteiger partial charge in [0.15, 0.2) is 8.24 Å². The van der Waals surface area contributed by atoms with Gasteiger partial charge in [-0.25, -0.2) is 9.35 Å². The van der Waals surface area contributed by atoms with Gasteiger partial charge in [-0.15, -0.1) is 0 Å². The van der Waals surface area contributed by atoms with Gasteiger partial charge < -0.3 is 4.74 Å². The first kappa shape index (κ1) is 20.9. The Balaban J connectivity index is 3.26. The highest BCUT2D eigenvalue weighted by atomic mass is 32.2. The monoisotopic (exact) mass is 370 g/mol. The molecule has 136 valence electrons. The molecule has 2 N–H and O–H groups in total. The molecule has 1 aromatic rings. The molecule has 0 spiro atoms. The van der Waals surface area contributed by atoms with Crippen LogP contribution in [-0.4, -0.2) is 30.8 Å². The summed E-state index contributed by atoms with van der Waals surface area (Å²) >= 11 is 0. The van der Waals surface area contributed by atoms with E-state index < -0.39 is 29.4 Å². The summed E-state index contributed by atoms with van der Waals surface area (Å²) in [5.74, 6) is -0.417. The molecule has 0 saturated heterocycles. The number of hydrogen-bond donors (Lipinski definition) is 1. The molecule has 0 aliphatic carbocycles. The van der Waals surface area contributed by atoms with Crippen LogP contribution in [0, 0.1) is 0 Å². The summed E-state index contributed by atoms with van der Waals surface area (Å²) in [5, 5.41) is 5.54. The Kier molecular flexibility index (Phi) is 6.78. The maximum atomic E-state index is 13.2. The zero-order valence-corrected chi connectivity index (χ0v) is 17.4. The van der Waals surface area contributed by atoms with Gasteiger partial charge in [-0.1, -0.05) is 51.1 Å². The van der Waals surface area contributed by atoms with E-state index in [1.165, 1.54) is 7.11 Å². The molecule has 0 amide bonds. The summed E-state index contributed by atoms with van der Waals surface area (Å²) < 4.78 is 22.6. The number of carbonyl (C=O) groups is 1. The lowest BCUT2D eigenvalue weighted by molar-refractivity contribution is -0.140. The zero-order valence-electron chi connectivity index (χ0n) is 15.5. The van der Waals surface area contributed by atoms with Crippen molar-refractivity contribution < 1.29 is 13.7 Å². The van der Waals surface area contributed by atoms with Crippen molar-refractivity contribution >= 4 is 24.1 Å². The van der Waals surface area contributed by atoms with Crippen molar-refractivity contribution in [2.45, 2.75) is 57.0 Å². The van der Waals surface area contributed by atoms with Gasteiger partial charge in [0, 0.05) is 0 Å². The fourth-order valence-electron chi connectivity index (χ4n) is 2.03. The minimum absolute atomic E-state index is 0.00114. The SMILES string of the molecule is COC(=O)CC(Cc1ccccc1)S(N)(=O)=N[Si](C)(C)C(C)(C)C. The van der Waals surface area contributed by atoms with Crippen molar-refractivity contribution in [2.24, 2.45) is 9.17 Å². The Labute approximate surface area is 147 Å². The molecule has 7 heteroatoms. The molecule has 0 aliphatic rings. The Morgan fingerprint density at radius 1 is 1.29 bits per heavy atom. The first-order valence-electron chi connectivity index (χ1n) is 8.05. The van der Waals surface area contributed by atoms with Crippen LogP contribution in [0.3, 0.4) is 0 Å². The number of rotatable bonds is 6. The van der Waals surface area contributed by atoms with E-state index in [0.717, 1.165) is 5.56 Å². The van der Waals surface area contributed by atoms with Crippen molar-refractivity contribution in [1.29, 1.82) is 0 Å². The quantitative estimate of drug-likeness (QED) is 0.614. The molecule has 0 aliphatic heterocycles. The predicted molar refractivity (Wildman–Crippen MR) is 103 cm³/mol. The van der Waals surface area contributed by atoms with Crippen LogP contribution in [-0.2, 0) is 25.9 Å². The Bertz CT molecular complexity index is 675. The number of hydrogen-bond acceptors (Lipinski definition) is 4. The van der Waals surface area contributed by atoms with Gasteiger partial charge >= 0.3 is 5.97 Å². The van der Waals surface area contributed by atoms with E-state index in [2.05, 4.69) is 37.9 Å². The van der Waals surface area contributed by atoms with Crippen molar-refractivity contribution in [3.63, 3.8) is 0 Å². The molecule has 1 aromatic carbocycles. The van der Waals surface area contributed by atoms with Gasteiger partial charge in [0.05, 0.1) is 18.8 Å². The summed E-state index contributed by atoms with van der Waals surface area (Å²) in [7, 11) is -3.92. The maximum Gasteiger partial charge on any atom is 0.306 e. The molecule has 0 saturated carbocycles. The Morgan fingerprint density at radius 3 is 2.29 bits per heavy atom. The largest absolute Gasteiger partial charge is 0.469 e. The molecular weight excluding hydrogens is 340 g/mol. The molecule has 0 fully saturated rings. The third-order valence-corrected chi connectivity index (χ3v) is 12.5. The number of nitrogens with zero attached hydrogens (tertiary/aromatic N) is 1. The predicted octanol–water partition coefficient (Wildman–Crippen LogP) is 3.51. The summed E-state index contributed by atoms with van der Waals surface area (Å²) in [6, 6.07) is 9.61. The lowest BCUT2D eigenvalue weighted by Gasteiger charge is -2.34. The Morgan fingerprint density at radius 2 is 1.83 bits per heavy atom. The van der Waals surface area contributed by atoms with Gasteiger partial charge in [-0.3, -0.25) is 8.82 Å². The molecule has 0 aromatic heterocycles. The minimum Gasteiger partial charge on any atom is -0.469 e. The first-order chi connectivity index (χ1) is 10.9. The average Bonchev–Trinajstić information content (AvgIpc) is 2.45. The van der Waals surface area contributed by atoms with Crippen molar-refractivity contribution in [3.8, 4) is 0 Å². The number of ether oxygens (including phenoxy) is 1. The second-order valence-corrected chi connectivity index (χ2v) is 14.8. The summed E-state index contributed by atoms with van der Waals surface area (Å²) in [4.78, 5) is 11.8. The summed E-state index contributed by atoms with van der Waals surface area (Å²) in [6.07, 6.45) is 0.433. The highest BCUT2D eigenvalue weighted by molar-refractivity contribution is 7.92. The van der Waals surface area contributed by atoms with Crippen LogP contribution in [0.5, 0.6) is 0 Å². The average molecular weight is 371 g/mol. The van der Waals surface area contributed by atoms with Gasteiger partial charge in [-0.2, -0.15) is 0 Å². The van der Waals surface area contributed by atoms with E-state index >= 15 is 0 Å². The van der Waals surface area contributed by atoms with Crippen LogP contribution in [0.2, 0.25) is 18.1 Å². The normalized spacial score (nSPS) is 16.1. The van der Waals surface area contributed by atoms with Crippen LogP contribution < -0.4 is 5.14 Å². The van der Waals surface area contributed by atoms with Crippen molar-refractivity contribution in [3.05, 3.63) is 35.9 Å². The summed E-state index contributed by atoms with van der Waals surface area (Å²) in [5.41, 5.74) is 0.981. The van der Waals surface area contributed by atoms with E-state index in [9.17, 15) is 9.00 Å². The number of benzene rings is 1. The smallest absolute Gasteiger partial charge is 0.306 e. The third kappa shape index (κ3) is 5.72. The number of carbonyl (C=O) groups excluding carboxylic acids is 1. The zero-order chi connectivity index (χ0) is 18.6. The molecule has 0 radical (unpaired) electrons. The lowest BCUT2D eigenvalue weighted by atomic mass is 10.1. The highest BCUT2D eigenvalue weighted by Crippen LogP contribution is 2.37. The fraction of sp³-hybridized carbons (Fsp3) is 0.588. The second kappa shape index (κ2) is 7.80. The van der Waals surface area contributed by atoms with Crippen LogP contribution in [0.4, 0.5) is 0 Å². The molecule has 0 bridgehead atoms. The molecule has 1 rings (SSSR count). The fourth-order valence-corrected chi connectivity index (χ4v) is 7.38. The van der Waals surface area contributed by atoms with Gasteiger partial charge in [0.1, 0.15) is 9.92 Å². The highest BCUT2D eigenvalue weighted by Gasteiger charge is 2.38. The number of esters is 1. The molecule has 2 unspecified atom stereocenters. The van der Waals surface area contributed by atoms with E-state index in [0.29, 0.717) is 6.42 Å². The van der Waals surface area contributed by atoms with Crippen molar-refractivity contribution in [2.75, 3.05) is 7.11 Å². The standard InChI is InChI=1S/C17H30N2O3SSi/c1-17(2,3)24(5,6)19-23(18,21)15(13-16(20)22-4)12-14-10-8-7-9-11-14/h7-11,15H,12-13H2,1-6H3,(H2,18,19,21). The minimum atomic E-state index is -3.03. The number of nitrogens with two attached hydrogens (primary N) is 1. The lowest BCUT2D eigenvalue weighted by Crippen LogP contribution is -2.41. The van der Waals surface area contributed by atoms with Crippen LogP contribution in [0.25, 0.3) is 0 Å². The van der Waals surface area contributed by atoms with E-state index in [-0.39, 0.29) is 11.5 Å². The van der Waals surface area contributed by atoms with E-state index in [1.54, 1.807) is 0 Å². The van der Waals surface area contributed by atoms with E-state index in [1.807, 2.05) is 30.3 Å². The van der Waals surface area contributed by atoms with E-state index in [4.69, 9.17) is 9.88 Å². The van der Waals surface area contributed by atoms with Crippen LogP contribution in [0.15, 0.2) is 34.4 Å². The third-order valence-electron chi connectivity index (χ3n) is 4.61. The van der Waals surface area contributed by atoms with Gasteiger partial charge in [0.25, 0.3) is 0 Å². The Hall–Kier alpha value is -1.18. The van der Waals surface area contributed by atoms with Gasteiger partial charge in [0.2, 0.25) is 0 Å². The van der Waals surface area contributed by atoms with Crippen LogP contribution >= 0.6 is 0 Å². The number of methoxy groups -OCH3 is 1. The molecule has 5 nitrogen and oxygen atoms in total. The maximum absolute atomic E-state index is 13.2.